The van der Waals surface area contributed by atoms with E-state index in [1.165, 1.54) is 28.4 Å². The third-order valence-electron chi connectivity index (χ3n) is 4.87. The lowest BCUT2D eigenvalue weighted by atomic mass is 10.1. The molecule has 0 aliphatic rings. The molecule has 0 atom stereocenters. The fourth-order valence-corrected chi connectivity index (χ4v) is 4.12. The van der Waals surface area contributed by atoms with Crippen molar-refractivity contribution in [3.8, 4) is 17.0 Å². The SMILES string of the molecule is CCCCCOc1ccc(N(C(=O)CN(C)C)c2nc(-c3cccnc3)cs2)cc1C(F)(F)F. The van der Waals surface area contributed by atoms with Crippen molar-refractivity contribution in [1.29, 1.82) is 0 Å². The smallest absolute Gasteiger partial charge is 0.420 e. The highest BCUT2D eigenvalue weighted by atomic mass is 32.1. The molecule has 1 aromatic carbocycles. The van der Waals surface area contributed by atoms with Gasteiger partial charge in [-0.1, -0.05) is 19.8 Å². The summed E-state index contributed by atoms with van der Waals surface area (Å²) in [6, 6.07) is 7.27. The molecule has 10 heteroatoms. The second-order valence-electron chi connectivity index (χ2n) is 7.96. The van der Waals surface area contributed by atoms with E-state index in [-0.39, 0.29) is 29.7 Å². The van der Waals surface area contributed by atoms with Crippen molar-refractivity contribution in [3.63, 3.8) is 0 Å². The van der Waals surface area contributed by atoms with Gasteiger partial charge in [0.25, 0.3) is 0 Å². The van der Waals surface area contributed by atoms with E-state index in [4.69, 9.17) is 4.74 Å². The van der Waals surface area contributed by atoms with Crippen molar-refractivity contribution >= 4 is 28.1 Å². The lowest BCUT2D eigenvalue weighted by Gasteiger charge is -2.24. The zero-order valence-corrected chi connectivity index (χ0v) is 20.1. The maximum absolute atomic E-state index is 13.9. The number of ether oxygens (including phenoxy) is 1. The molecule has 0 fully saturated rings. The molecule has 0 aliphatic heterocycles. The lowest BCUT2D eigenvalue weighted by Crippen LogP contribution is -2.34. The van der Waals surface area contributed by atoms with Gasteiger partial charge in [-0.3, -0.25) is 14.7 Å². The number of hydrogen-bond acceptors (Lipinski definition) is 6. The number of amides is 1. The molecule has 34 heavy (non-hydrogen) atoms. The van der Waals surface area contributed by atoms with Crippen LogP contribution in [0.1, 0.15) is 31.7 Å². The Balaban J connectivity index is 2.01. The summed E-state index contributed by atoms with van der Waals surface area (Å²) in [7, 11) is 3.43. The summed E-state index contributed by atoms with van der Waals surface area (Å²) in [5.41, 5.74) is 0.486. The zero-order valence-electron chi connectivity index (χ0n) is 19.3. The number of pyridine rings is 1. The highest BCUT2D eigenvalue weighted by Crippen LogP contribution is 2.41. The first kappa shape index (κ1) is 25.6. The van der Waals surface area contributed by atoms with Crippen LogP contribution in [0.3, 0.4) is 0 Å². The van der Waals surface area contributed by atoms with Gasteiger partial charge in [0.1, 0.15) is 5.75 Å². The monoisotopic (exact) mass is 492 g/mol. The second-order valence-corrected chi connectivity index (χ2v) is 8.79. The van der Waals surface area contributed by atoms with Gasteiger partial charge in [0, 0.05) is 23.3 Å². The van der Waals surface area contributed by atoms with Crippen LogP contribution in [0.25, 0.3) is 11.3 Å². The van der Waals surface area contributed by atoms with Gasteiger partial charge < -0.3 is 9.64 Å². The standard InChI is InChI=1S/C24H27F3N4O2S/c1-4-5-6-12-33-21-10-9-18(13-19(21)24(25,26)27)31(22(32)15-30(2)3)23-29-20(16-34-23)17-8-7-11-28-14-17/h7-11,13-14,16H,4-6,12,15H2,1-3H3. The minimum atomic E-state index is -4.64. The summed E-state index contributed by atoms with van der Waals surface area (Å²) in [6.07, 6.45) is 1.10. The van der Waals surface area contributed by atoms with Crippen LogP contribution in [0.2, 0.25) is 0 Å². The predicted octanol–water partition coefficient (Wildman–Crippen LogP) is 6.02. The summed E-state index contributed by atoms with van der Waals surface area (Å²) in [6.45, 7) is 2.20. The van der Waals surface area contributed by atoms with E-state index in [2.05, 4.69) is 9.97 Å². The van der Waals surface area contributed by atoms with Crippen molar-refractivity contribution < 1.29 is 22.7 Å². The minimum Gasteiger partial charge on any atom is -0.493 e. The van der Waals surface area contributed by atoms with Crippen LogP contribution in [0.15, 0.2) is 48.1 Å². The molecular weight excluding hydrogens is 465 g/mol. The van der Waals surface area contributed by atoms with Crippen molar-refractivity contribution in [3.05, 3.63) is 53.7 Å². The Morgan fingerprint density at radius 3 is 2.62 bits per heavy atom. The molecule has 3 rings (SSSR count). The van der Waals surface area contributed by atoms with Crippen molar-refractivity contribution in [2.75, 3.05) is 32.1 Å². The van der Waals surface area contributed by atoms with E-state index in [0.29, 0.717) is 12.1 Å². The van der Waals surface area contributed by atoms with Crippen LogP contribution < -0.4 is 9.64 Å². The van der Waals surface area contributed by atoms with Crippen LogP contribution >= 0.6 is 11.3 Å². The van der Waals surface area contributed by atoms with Gasteiger partial charge >= 0.3 is 6.18 Å². The maximum Gasteiger partial charge on any atom is 0.420 e. The maximum atomic E-state index is 13.9. The van der Waals surface area contributed by atoms with E-state index in [1.807, 2.05) is 13.0 Å². The molecule has 1 amide bonds. The lowest BCUT2D eigenvalue weighted by molar-refractivity contribution is -0.139. The fourth-order valence-electron chi connectivity index (χ4n) is 3.25. The van der Waals surface area contributed by atoms with Crippen LogP contribution in [0.4, 0.5) is 24.0 Å². The van der Waals surface area contributed by atoms with Gasteiger partial charge in [-0.05, 0) is 50.8 Å². The number of likely N-dealkylation sites (N-methyl/N-ethyl adjacent to an activating group) is 1. The van der Waals surface area contributed by atoms with Crippen LogP contribution in [0.5, 0.6) is 5.75 Å². The summed E-state index contributed by atoms with van der Waals surface area (Å²) in [5, 5.41) is 2.02. The average molecular weight is 493 g/mol. The molecule has 0 N–H and O–H groups in total. The Morgan fingerprint density at radius 1 is 1.18 bits per heavy atom. The van der Waals surface area contributed by atoms with E-state index >= 15 is 0 Å². The summed E-state index contributed by atoms with van der Waals surface area (Å²) in [5.74, 6) is -0.649. The molecule has 0 spiro atoms. The molecule has 2 heterocycles. The Bertz CT molecular complexity index is 1090. The van der Waals surface area contributed by atoms with Crippen molar-refractivity contribution in [1.82, 2.24) is 14.9 Å². The summed E-state index contributed by atoms with van der Waals surface area (Å²) < 4.78 is 47.1. The van der Waals surface area contributed by atoms with E-state index in [0.717, 1.165) is 24.5 Å². The number of nitrogens with zero attached hydrogens (tertiary/aromatic N) is 4. The Morgan fingerprint density at radius 2 is 1.97 bits per heavy atom. The number of alkyl halides is 3. The third kappa shape index (κ3) is 6.54. The number of hydrogen-bond donors (Lipinski definition) is 0. The van der Waals surface area contributed by atoms with Gasteiger partial charge in [0.2, 0.25) is 5.91 Å². The highest BCUT2D eigenvalue weighted by molar-refractivity contribution is 7.14. The molecule has 0 saturated heterocycles. The zero-order chi connectivity index (χ0) is 24.7. The number of anilines is 2. The average Bonchev–Trinajstić information content (AvgIpc) is 3.26. The van der Waals surface area contributed by atoms with E-state index in [1.54, 1.807) is 42.8 Å². The van der Waals surface area contributed by atoms with Gasteiger partial charge in [-0.25, -0.2) is 4.98 Å². The third-order valence-corrected chi connectivity index (χ3v) is 5.70. The first-order valence-electron chi connectivity index (χ1n) is 10.9. The number of carbonyl (C=O) groups is 1. The fraction of sp³-hybridized carbons (Fsp3) is 0.375. The number of carbonyl (C=O) groups excluding carboxylic acids is 1. The van der Waals surface area contributed by atoms with E-state index < -0.39 is 17.6 Å². The van der Waals surface area contributed by atoms with Crippen molar-refractivity contribution in [2.45, 2.75) is 32.4 Å². The molecule has 0 bridgehead atoms. The molecule has 3 aromatic rings. The molecule has 0 aliphatic carbocycles. The first-order chi connectivity index (χ1) is 16.2. The number of benzene rings is 1. The van der Waals surface area contributed by atoms with Crippen LogP contribution in [-0.2, 0) is 11.0 Å². The first-order valence-corrected chi connectivity index (χ1v) is 11.8. The minimum absolute atomic E-state index is 0.00156. The molecule has 0 unspecified atom stereocenters. The van der Waals surface area contributed by atoms with Crippen LogP contribution in [-0.4, -0.2) is 48.0 Å². The molecule has 0 saturated carbocycles. The quantitative estimate of drug-likeness (QED) is 0.324. The largest absolute Gasteiger partial charge is 0.493 e. The number of halogens is 3. The Hall–Kier alpha value is -2.98. The number of thiazole rings is 1. The molecule has 182 valence electrons. The van der Waals surface area contributed by atoms with Gasteiger partial charge in [-0.2, -0.15) is 13.2 Å². The van der Waals surface area contributed by atoms with Crippen LogP contribution in [0, 0.1) is 0 Å². The number of unbranched alkanes of at least 4 members (excludes halogenated alkanes) is 2. The Kier molecular flexibility index (Phi) is 8.62. The normalized spacial score (nSPS) is 11.6. The predicted molar refractivity (Wildman–Crippen MR) is 128 cm³/mol. The van der Waals surface area contributed by atoms with Gasteiger partial charge in [0.15, 0.2) is 5.13 Å². The van der Waals surface area contributed by atoms with Crippen molar-refractivity contribution in [2.24, 2.45) is 0 Å². The molecule has 6 nitrogen and oxygen atoms in total. The second kappa shape index (κ2) is 11.4. The molecule has 0 radical (unpaired) electrons. The Labute approximate surface area is 201 Å². The molecule has 2 aromatic heterocycles. The van der Waals surface area contributed by atoms with Gasteiger partial charge in [-0.15, -0.1) is 11.3 Å². The van der Waals surface area contributed by atoms with Gasteiger partial charge in [0.05, 0.1) is 30.1 Å². The van der Waals surface area contributed by atoms with E-state index in [9.17, 15) is 18.0 Å². The highest BCUT2D eigenvalue weighted by Gasteiger charge is 2.36. The summed E-state index contributed by atoms with van der Waals surface area (Å²) in [4.78, 5) is 24.6. The topological polar surface area (TPSA) is 58.6 Å². The summed E-state index contributed by atoms with van der Waals surface area (Å²) >= 11 is 1.17. The molecular formula is C24H27F3N4O2S. The number of rotatable bonds is 10. The number of aromatic nitrogens is 2.